The van der Waals surface area contributed by atoms with Crippen LogP contribution in [0.2, 0.25) is 0 Å². The largest absolute Gasteiger partial charge is 0.508 e. The minimum Gasteiger partial charge on any atom is -0.508 e. The lowest BCUT2D eigenvalue weighted by Gasteiger charge is -2.09. The molecule has 0 aliphatic rings. The number of esters is 1. The first-order valence-corrected chi connectivity index (χ1v) is 10.3. The van der Waals surface area contributed by atoms with E-state index in [1.165, 1.54) is 13.2 Å². The molecule has 0 spiro atoms. The minimum absolute atomic E-state index is 0.213. The first kappa shape index (κ1) is 20.5. The molecule has 0 bridgehead atoms. The van der Waals surface area contributed by atoms with Crippen molar-refractivity contribution in [1.82, 2.24) is 0 Å². The summed E-state index contributed by atoms with van der Waals surface area (Å²) < 4.78 is 17.3. The van der Waals surface area contributed by atoms with Gasteiger partial charge in [0.05, 0.1) is 19.1 Å². The van der Waals surface area contributed by atoms with Gasteiger partial charge in [-0.2, -0.15) is 0 Å². The van der Waals surface area contributed by atoms with E-state index in [-0.39, 0.29) is 5.75 Å². The van der Waals surface area contributed by atoms with E-state index in [4.69, 9.17) is 9.47 Å². The highest BCUT2D eigenvalue weighted by atomic mass is 32.1. The lowest BCUT2D eigenvalue weighted by atomic mass is 10.1. The fraction of sp³-hybridized carbons (Fsp3) is 0.0800. The predicted octanol–water partition coefficient (Wildman–Crippen LogP) is 6.26. The second-order valence-electron chi connectivity index (χ2n) is 6.70. The summed E-state index contributed by atoms with van der Waals surface area (Å²) in [5, 5.41) is 10.6. The van der Waals surface area contributed by atoms with E-state index in [2.05, 4.69) is 4.74 Å². The minimum atomic E-state index is -0.404. The highest BCUT2D eigenvalue weighted by Crippen LogP contribution is 2.47. The van der Waals surface area contributed by atoms with Crippen molar-refractivity contribution in [3.8, 4) is 33.4 Å². The van der Waals surface area contributed by atoms with E-state index in [1.54, 1.807) is 36.7 Å². The maximum absolute atomic E-state index is 11.3. The number of benzene rings is 3. The number of rotatable bonds is 6. The third-order valence-corrected chi connectivity index (χ3v) is 5.88. The molecule has 1 heterocycles. The summed E-state index contributed by atoms with van der Waals surface area (Å²) in [6, 6.07) is 20.4. The van der Waals surface area contributed by atoms with Gasteiger partial charge in [0.15, 0.2) is 5.75 Å². The van der Waals surface area contributed by atoms with Gasteiger partial charge >= 0.3 is 5.97 Å². The third kappa shape index (κ3) is 4.54. The molecule has 0 fully saturated rings. The summed E-state index contributed by atoms with van der Waals surface area (Å²) in [5.74, 6) is 2.00. The molecule has 4 aromatic rings. The second-order valence-corrected chi connectivity index (χ2v) is 7.75. The van der Waals surface area contributed by atoms with Gasteiger partial charge in [0.2, 0.25) is 0 Å². The molecular weight excluding hydrogens is 412 g/mol. The molecule has 0 amide bonds. The fourth-order valence-electron chi connectivity index (χ4n) is 3.08. The van der Waals surface area contributed by atoms with Crippen LogP contribution in [0.15, 0.2) is 72.8 Å². The van der Waals surface area contributed by atoms with Crippen LogP contribution >= 0.6 is 11.3 Å². The number of carbonyl (C=O) groups is 1. The van der Waals surface area contributed by atoms with E-state index in [1.807, 2.05) is 54.6 Å². The lowest BCUT2D eigenvalue weighted by Crippen LogP contribution is -1.93. The van der Waals surface area contributed by atoms with Crippen LogP contribution in [-0.4, -0.2) is 25.3 Å². The second kappa shape index (κ2) is 8.93. The molecule has 31 heavy (non-hydrogen) atoms. The van der Waals surface area contributed by atoms with Crippen LogP contribution in [0.5, 0.6) is 23.0 Å². The molecule has 0 aliphatic carbocycles. The van der Waals surface area contributed by atoms with Gasteiger partial charge in [-0.3, -0.25) is 0 Å². The number of phenols is 1. The monoisotopic (exact) mass is 432 g/mol. The Hall–Kier alpha value is -3.77. The van der Waals surface area contributed by atoms with Gasteiger partial charge in [0.1, 0.15) is 17.2 Å². The van der Waals surface area contributed by atoms with Gasteiger partial charge in [-0.15, -0.1) is 11.3 Å². The highest BCUT2D eigenvalue weighted by Gasteiger charge is 2.17. The quantitative estimate of drug-likeness (QED) is 0.288. The lowest BCUT2D eigenvalue weighted by molar-refractivity contribution is -0.134. The molecule has 5 nitrogen and oxygen atoms in total. The van der Waals surface area contributed by atoms with Crippen LogP contribution in [0.3, 0.4) is 0 Å². The van der Waals surface area contributed by atoms with Crippen LogP contribution in [0, 0.1) is 0 Å². The van der Waals surface area contributed by atoms with E-state index in [0.29, 0.717) is 5.75 Å². The van der Waals surface area contributed by atoms with Crippen LogP contribution in [0.1, 0.15) is 5.56 Å². The number of aromatic hydroxyl groups is 1. The topological polar surface area (TPSA) is 65.0 Å². The maximum Gasteiger partial charge on any atom is 0.330 e. The third-order valence-electron chi connectivity index (χ3n) is 4.69. The number of carbonyl (C=O) groups excluding carboxylic acids is 1. The van der Waals surface area contributed by atoms with Crippen LogP contribution < -0.4 is 9.47 Å². The zero-order chi connectivity index (χ0) is 21.8. The number of hydrogen-bond acceptors (Lipinski definition) is 6. The number of phenolic OH excluding ortho intramolecular Hbond substituents is 1. The van der Waals surface area contributed by atoms with E-state index in [0.717, 1.165) is 37.6 Å². The Morgan fingerprint density at radius 3 is 2.32 bits per heavy atom. The first-order valence-electron chi connectivity index (χ1n) is 9.51. The van der Waals surface area contributed by atoms with Gasteiger partial charge < -0.3 is 19.3 Å². The Morgan fingerprint density at radius 1 is 0.935 bits per heavy atom. The van der Waals surface area contributed by atoms with Crippen molar-refractivity contribution in [2.75, 3.05) is 14.2 Å². The molecule has 6 heteroatoms. The van der Waals surface area contributed by atoms with Crippen molar-refractivity contribution in [2.45, 2.75) is 0 Å². The summed E-state index contributed by atoms with van der Waals surface area (Å²) >= 11 is 1.60. The van der Waals surface area contributed by atoms with Gasteiger partial charge in [-0.25, -0.2) is 4.79 Å². The van der Waals surface area contributed by atoms with Gasteiger partial charge in [0.25, 0.3) is 0 Å². The molecular formula is C25H20O5S. The van der Waals surface area contributed by atoms with Crippen molar-refractivity contribution in [1.29, 1.82) is 0 Å². The zero-order valence-electron chi connectivity index (χ0n) is 17.0. The molecule has 3 aromatic carbocycles. The number of methoxy groups -OCH3 is 2. The molecule has 0 radical (unpaired) electrons. The number of fused-ring (bicyclic) bond motifs is 1. The summed E-state index contributed by atoms with van der Waals surface area (Å²) in [6.45, 7) is 0. The van der Waals surface area contributed by atoms with Crippen molar-refractivity contribution in [3.63, 3.8) is 0 Å². The Labute approximate surface area is 183 Å². The van der Waals surface area contributed by atoms with Crippen LogP contribution in [0.25, 0.3) is 26.6 Å². The average molecular weight is 432 g/mol. The van der Waals surface area contributed by atoms with Crippen molar-refractivity contribution in [3.05, 3.63) is 78.4 Å². The Bertz CT molecular complexity index is 1240. The van der Waals surface area contributed by atoms with Crippen molar-refractivity contribution >= 4 is 33.5 Å². The summed E-state index contributed by atoms with van der Waals surface area (Å²) in [4.78, 5) is 12.2. The maximum atomic E-state index is 11.3. The first-order chi connectivity index (χ1) is 15.1. The van der Waals surface area contributed by atoms with E-state index < -0.39 is 5.97 Å². The molecule has 1 N–H and O–H groups in total. The van der Waals surface area contributed by atoms with Crippen LogP contribution in [-0.2, 0) is 9.53 Å². The molecule has 1 aromatic heterocycles. The van der Waals surface area contributed by atoms with Gasteiger partial charge in [0, 0.05) is 16.2 Å². The Morgan fingerprint density at radius 2 is 1.65 bits per heavy atom. The average Bonchev–Trinajstić information content (AvgIpc) is 3.16. The SMILES string of the molecule is COC(=O)C=Cc1ccc(Oc2c(-c3ccc(O)cc3)sc3cc(OC)ccc23)cc1. The fourth-order valence-corrected chi connectivity index (χ4v) is 4.25. The molecule has 0 atom stereocenters. The number of hydrogen-bond donors (Lipinski definition) is 1. The predicted molar refractivity (Wildman–Crippen MR) is 123 cm³/mol. The standard InChI is InChI=1S/C25H20O5S/c1-28-20-12-13-21-22(15-20)31-25(17-6-8-18(26)9-7-17)24(21)30-19-10-3-16(4-11-19)5-14-23(27)29-2/h3-15,26H,1-2H3. The van der Waals surface area contributed by atoms with Crippen molar-refractivity contribution in [2.24, 2.45) is 0 Å². The van der Waals surface area contributed by atoms with Crippen molar-refractivity contribution < 1.29 is 24.1 Å². The van der Waals surface area contributed by atoms with Crippen LogP contribution in [0.4, 0.5) is 0 Å². The molecule has 0 unspecified atom stereocenters. The zero-order valence-corrected chi connectivity index (χ0v) is 17.8. The summed E-state index contributed by atoms with van der Waals surface area (Å²) in [7, 11) is 2.99. The molecule has 0 saturated heterocycles. The molecule has 156 valence electrons. The number of ether oxygens (including phenoxy) is 3. The van der Waals surface area contributed by atoms with Gasteiger partial charge in [-0.05, 0) is 71.8 Å². The van der Waals surface area contributed by atoms with Gasteiger partial charge in [-0.1, -0.05) is 12.1 Å². The Balaban J connectivity index is 1.72. The summed E-state index contributed by atoms with van der Waals surface area (Å²) in [6.07, 6.45) is 3.06. The summed E-state index contributed by atoms with van der Waals surface area (Å²) in [5.41, 5.74) is 1.81. The Kier molecular flexibility index (Phi) is 5.91. The number of thiophene rings is 1. The van der Waals surface area contributed by atoms with E-state index in [9.17, 15) is 9.90 Å². The molecule has 0 saturated carbocycles. The molecule has 0 aliphatic heterocycles. The van der Waals surface area contributed by atoms with E-state index >= 15 is 0 Å². The highest BCUT2D eigenvalue weighted by molar-refractivity contribution is 7.22. The normalized spacial score (nSPS) is 11.0. The smallest absolute Gasteiger partial charge is 0.330 e. The molecule has 4 rings (SSSR count).